The Morgan fingerprint density at radius 1 is 0.806 bits per heavy atom. The monoisotopic (exact) mass is 421 g/mol. The summed E-state index contributed by atoms with van der Waals surface area (Å²) in [7, 11) is 1.99. The number of halogens is 2. The number of hydrogen-bond donors (Lipinski definition) is 0. The van der Waals surface area contributed by atoms with Crippen LogP contribution in [0.1, 0.15) is 29.2 Å². The van der Waals surface area contributed by atoms with E-state index in [1.54, 1.807) is 24.3 Å². The number of aryl methyl sites for hydroxylation is 2. The molecule has 3 aromatic rings. The Morgan fingerprint density at radius 3 is 1.81 bits per heavy atom. The Hall–Kier alpha value is -3.21. The van der Waals surface area contributed by atoms with Gasteiger partial charge in [-0.1, -0.05) is 24.3 Å². The van der Waals surface area contributed by atoms with Crippen molar-refractivity contribution in [2.75, 3.05) is 18.5 Å². The molecule has 31 heavy (non-hydrogen) atoms. The Balaban J connectivity index is 1.95. The highest BCUT2D eigenvalue weighted by Gasteiger charge is 2.14. The lowest BCUT2D eigenvalue weighted by Crippen LogP contribution is -2.23. The van der Waals surface area contributed by atoms with Crippen molar-refractivity contribution in [1.29, 1.82) is 0 Å². The molecule has 0 atom stereocenters. The van der Waals surface area contributed by atoms with E-state index < -0.39 is 0 Å². The Labute approximate surface area is 183 Å². The fourth-order valence-corrected chi connectivity index (χ4v) is 3.35. The standard InChI is InChI=1S/C26H29F2N3/c1-5-30(4)18-29-25-14-20(3)26(15-19(25)2)31(16-21-6-10-23(27)11-7-21)17-22-8-12-24(28)13-9-22/h6-15,18H,5,16-17H2,1-4H3/b29-18-. The average Bonchev–Trinajstić information content (AvgIpc) is 2.76. The summed E-state index contributed by atoms with van der Waals surface area (Å²) < 4.78 is 26.8. The van der Waals surface area contributed by atoms with E-state index in [0.717, 1.165) is 40.2 Å². The van der Waals surface area contributed by atoms with Crippen LogP contribution < -0.4 is 4.90 Å². The van der Waals surface area contributed by atoms with Crippen LogP contribution in [0, 0.1) is 25.5 Å². The average molecular weight is 422 g/mol. The Kier molecular flexibility index (Phi) is 7.40. The molecule has 162 valence electrons. The molecule has 3 nitrogen and oxygen atoms in total. The first-order chi connectivity index (χ1) is 14.9. The first kappa shape index (κ1) is 22.5. The summed E-state index contributed by atoms with van der Waals surface area (Å²) in [6, 6.07) is 17.3. The predicted octanol–water partition coefficient (Wildman–Crippen LogP) is 6.40. The van der Waals surface area contributed by atoms with Gasteiger partial charge in [-0.3, -0.25) is 0 Å². The SMILES string of the molecule is CCN(C)/C=N\c1cc(C)c(N(Cc2ccc(F)cc2)Cc2ccc(F)cc2)cc1C. The van der Waals surface area contributed by atoms with E-state index in [1.807, 2.05) is 18.3 Å². The van der Waals surface area contributed by atoms with Crippen molar-refractivity contribution in [3.8, 4) is 0 Å². The van der Waals surface area contributed by atoms with E-state index in [0.29, 0.717) is 13.1 Å². The molecule has 3 aromatic carbocycles. The third-order valence-electron chi connectivity index (χ3n) is 5.32. The number of benzene rings is 3. The zero-order valence-corrected chi connectivity index (χ0v) is 18.6. The molecular weight excluding hydrogens is 392 g/mol. The molecule has 0 N–H and O–H groups in total. The lowest BCUT2D eigenvalue weighted by Gasteiger charge is -2.28. The van der Waals surface area contributed by atoms with Crippen LogP contribution in [0.25, 0.3) is 0 Å². The van der Waals surface area contributed by atoms with Gasteiger partial charge in [0.05, 0.1) is 12.0 Å². The van der Waals surface area contributed by atoms with Crippen LogP contribution >= 0.6 is 0 Å². The van der Waals surface area contributed by atoms with Crippen LogP contribution in [0.4, 0.5) is 20.2 Å². The summed E-state index contributed by atoms with van der Waals surface area (Å²) in [5.74, 6) is -0.500. The molecule has 0 aliphatic heterocycles. The van der Waals surface area contributed by atoms with E-state index in [9.17, 15) is 8.78 Å². The van der Waals surface area contributed by atoms with Gasteiger partial charge in [0.15, 0.2) is 0 Å². The van der Waals surface area contributed by atoms with Gasteiger partial charge in [-0.2, -0.15) is 0 Å². The summed E-state index contributed by atoms with van der Waals surface area (Å²) in [5, 5.41) is 0. The second-order valence-electron chi connectivity index (χ2n) is 7.85. The van der Waals surface area contributed by atoms with Crippen LogP contribution in [0.15, 0.2) is 65.7 Å². The van der Waals surface area contributed by atoms with Gasteiger partial charge in [-0.15, -0.1) is 0 Å². The van der Waals surface area contributed by atoms with Crippen molar-refractivity contribution in [2.45, 2.75) is 33.9 Å². The van der Waals surface area contributed by atoms with Gasteiger partial charge in [-0.05, 0) is 79.4 Å². The molecule has 5 heteroatoms. The molecule has 0 heterocycles. The first-order valence-electron chi connectivity index (χ1n) is 10.4. The summed E-state index contributed by atoms with van der Waals surface area (Å²) in [4.78, 5) is 8.88. The lowest BCUT2D eigenvalue weighted by molar-refractivity contribution is 0.552. The quantitative estimate of drug-likeness (QED) is 0.310. The minimum Gasteiger partial charge on any atom is -0.366 e. The second-order valence-corrected chi connectivity index (χ2v) is 7.85. The first-order valence-corrected chi connectivity index (χ1v) is 10.4. The molecule has 0 saturated heterocycles. The third-order valence-corrected chi connectivity index (χ3v) is 5.32. The van der Waals surface area contributed by atoms with Crippen molar-refractivity contribution >= 4 is 17.7 Å². The lowest BCUT2D eigenvalue weighted by atomic mass is 10.1. The smallest absolute Gasteiger partial charge is 0.123 e. The van der Waals surface area contributed by atoms with Gasteiger partial charge in [0.25, 0.3) is 0 Å². The highest BCUT2D eigenvalue weighted by atomic mass is 19.1. The van der Waals surface area contributed by atoms with Gasteiger partial charge >= 0.3 is 0 Å². The number of anilines is 1. The van der Waals surface area contributed by atoms with E-state index in [2.05, 4.69) is 42.8 Å². The summed E-state index contributed by atoms with van der Waals surface area (Å²) in [6.45, 7) is 8.31. The number of rotatable bonds is 8. The maximum atomic E-state index is 13.4. The number of aliphatic imine (C=N–C) groups is 1. The molecule has 0 fully saturated rings. The maximum absolute atomic E-state index is 13.4. The molecule has 0 saturated carbocycles. The van der Waals surface area contributed by atoms with Gasteiger partial charge in [0, 0.05) is 32.4 Å². The third kappa shape index (κ3) is 6.14. The molecule has 0 radical (unpaired) electrons. The molecule has 0 amide bonds. The van der Waals surface area contributed by atoms with Crippen molar-refractivity contribution in [1.82, 2.24) is 4.90 Å². The van der Waals surface area contributed by atoms with Crippen molar-refractivity contribution < 1.29 is 8.78 Å². The van der Waals surface area contributed by atoms with Gasteiger partial charge in [0.1, 0.15) is 11.6 Å². The minimum absolute atomic E-state index is 0.250. The van der Waals surface area contributed by atoms with E-state index in [4.69, 9.17) is 0 Å². The highest BCUT2D eigenvalue weighted by molar-refractivity contribution is 5.68. The van der Waals surface area contributed by atoms with Crippen molar-refractivity contribution in [2.24, 2.45) is 4.99 Å². The molecular formula is C26H29F2N3. The summed E-state index contributed by atoms with van der Waals surface area (Å²) in [6.07, 6.45) is 1.84. The maximum Gasteiger partial charge on any atom is 0.123 e. The van der Waals surface area contributed by atoms with Crippen molar-refractivity contribution in [3.63, 3.8) is 0 Å². The van der Waals surface area contributed by atoms with Crippen molar-refractivity contribution in [3.05, 3.63) is 94.6 Å². The largest absolute Gasteiger partial charge is 0.366 e. The van der Waals surface area contributed by atoms with E-state index in [-0.39, 0.29) is 11.6 Å². The fraction of sp³-hybridized carbons (Fsp3) is 0.269. The predicted molar refractivity (Wildman–Crippen MR) is 125 cm³/mol. The summed E-state index contributed by atoms with van der Waals surface area (Å²) >= 11 is 0. The number of hydrogen-bond acceptors (Lipinski definition) is 2. The Morgan fingerprint density at radius 2 is 1.32 bits per heavy atom. The minimum atomic E-state index is -0.250. The van der Waals surface area contributed by atoms with Gasteiger partial charge < -0.3 is 9.80 Å². The zero-order valence-electron chi connectivity index (χ0n) is 18.6. The Bertz CT molecular complexity index is 980. The molecule has 0 aromatic heterocycles. The topological polar surface area (TPSA) is 18.8 Å². The summed E-state index contributed by atoms with van der Waals surface area (Å²) in [5.41, 5.74) is 6.20. The van der Waals surface area contributed by atoms with Gasteiger partial charge in [0.2, 0.25) is 0 Å². The van der Waals surface area contributed by atoms with E-state index in [1.165, 1.54) is 24.3 Å². The second kappa shape index (κ2) is 10.2. The zero-order chi connectivity index (χ0) is 22.4. The van der Waals surface area contributed by atoms with Crippen LogP contribution in [0.3, 0.4) is 0 Å². The van der Waals surface area contributed by atoms with Crippen LogP contribution in [0.2, 0.25) is 0 Å². The normalized spacial score (nSPS) is 11.2. The van der Waals surface area contributed by atoms with Crippen LogP contribution in [0.5, 0.6) is 0 Å². The fourth-order valence-electron chi connectivity index (χ4n) is 3.35. The molecule has 3 rings (SSSR count). The van der Waals surface area contributed by atoms with E-state index >= 15 is 0 Å². The van der Waals surface area contributed by atoms with Gasteiger partial charge in [-0.25, -0.2) is 13.8 Å². The van der Waals surface area contributed by atoms with Crippen LogP contribution in [-0.4, -0.2) is 24.8 Å². The highest BCUT2D eigenvalue weighted by Crippen LogP contribution is 2.31. The molecule has 0 aliphatic carbocycles. The molecule has 0 spiro atoms. The number of nitrogens with zero attached hydrogens (tertiary/aromatic N) is 3. The van der Waals surface area contributed by atoms with Crippen LogP contribution in [-0.2, 0) is 13.1 Å². The molecule has 0 aliphatic rings. The molecule has 0 unspecified atom stereocenters. The molecule has 0 bridgehead atoms.